The van der Waals surface area contributed by atoms with Crippen molar-refractivity contribution in [1.82, 2.24) is 24.3 Å². The number of guanidine groups is 1. The van der Waals surface area contributed by atoms with Crippen molar-refractivity contribution in [3.05, 3.63) is 82.7 Å². The molecule has 0 radical (unpaired) electrons. The molecule has 1 aliphatic heterocycles. The smallest absolute Gasteiger partial charge is 0.261 e. The summed E-state index contributed by atoms with van der Waals surface area (Å²) in [5.74, 6) is 3.19. The van der Waals surface area contributed by atoms with Crippen LogP contribution in [0.3, 0.4) is 0 Å². The van der Waals surface area contributed by atoms with Crippen LogP contribution >= 0.6 is 0 Å². The Labute approximate surface area is 299 Å². The molecule has 1 N–H and O–H groups in total. The van der Waals surface area contributed by atoms with Gasteiger partial charge in [-0.25, -0.2) is 14.4 Å². The number of pyridine rings is 1. The highest BCUT2D eigenvalue weighted by atomic mass is 19.1. The lowest BCUT2D eigenvalue weighted by molar-refractivity contribution is -0.108. The van der Waals surface area contributed by atoms with E-state index in [0.717, 1.165) is 37.7 Å². The van der Waals surface area contributed by atoms with Gasteiger partial charge < -0.3 is 15.0 Å². The number of nitriles is 1. The molecule has 3 aliphatic carbocycles. The van der Waals surface area contributed by atoms with Crippen LogP contribution in [0.4, 0.5) is 10.1 Å². The predicted octanol–water partition coefficient (Wildman–Crippen LogP) is 6.22. The topological polar surface area (TPSA) is 112 Å². The molecule has 0 spiro atoms. The summed E-state index contributed by atoms with van der Waals surface area (Å²) in [7, 11) is 1.50. The van der Waals surface area contributed by atoms with Gasteiger partial charge in [-0.2, -0.15) is 5.26 Å². The van der Waals surface area contributed by atoms with Gasteiger partial charge in [-0.1, -0.05) is 26.8 Å². The standard InChI is InChI=1S/C40H47FN8O2/c1-25-24-48(18-17-47(25)16-13-42)39(46-35-20-29-19-33(26(35)2)40(29,3)4)44-30-9-11-32-36(21-30)45-37(28-7-6-14-43-23-28)49(38(32)50)15-12-27-8-10-31(51-5)22-34(27)41/h6-11,14,21-23,25-26,29,33,35H,12,15-20,24H2,1-5H3,(H,44,46)/t25-,26-,29-,33+,35?/m0/s1. The van der Waals surface area contributed by atoms with E-state index >= 15 is 0 Å². The second-order valence-electron chi connectivity index (χ2n) is 15.1. The third kappa shape index (κ3) is 6.69. The maximum atomic E-state index is 14.9. The molecule has 266 valence electrons. The van der Waals surface area contributed by atoms with Crippen molar-refractivity contribution < 1.29 is 9.13 Å². The van der Waals surface area contributed by atoms with Crippen LogP contribution in [-0.2, 0) is 13.0 Å². The molecule has 8 rings (SSSR count). The van der Waals surface area contributed by atoms with Gasteiger partial charge in [-0.05, 0) is 91.3 Å². The van der Waals surface area contributed by atoms with Gasteiger partial charge >= 0.3 is 0 Å². The van der Waals surface area contributed by atoms with Crippen molar-refractivity contribution in [3.8, 4) is 23.2 Å². The van der Waals surface area contributed by atoms with Crippen LogP contribution in [0.1, 0.15) is 46.1 Å². The highest BCUT2D eigenvalue weighted by molar-refractivity contribution is 5.96. The Morgan fingerprint density at radius 2 is 2.00 bits per heavy atom. The van der Waals surface area contributed by atoms with Gasteiger partial charge in [-0.3, -0.25) is 19.2 Å². The number of piperazine rings is 1. The van der Waals surface area contributed by atoms with E-state index in [-0.39, 0.29) is 30.0 Å². The molecule has 4 fully saturated rings. The molecule has 51 heavy (non-hydrogen) atoms. The summed E-state index contributed by atoms with van der Waals surface area (Å²) in [6.07, 6.45) is 6.03. The third-order valence-corrected chi connectivity index (χ3v) is 11.9. The lowest BCUT2D eigenvalue weighted by Gasteiger charge is -2.61. The van der Waals surface area contributed by atoms with Gasteiger partial charge in [0.25, 0.3) is 5.56 Å². The summed E-state index contributed by atoms with van der Waals surface area (Å²) in [5, 5.41) is 13.5. The molecule has 5 atom stereocenters. The number of aliphatic imine (C=N–C) groups is 1. The lowest BCUT2D eigenvalue weighted by atomic mass is 9.45. The van der Waals surface area contributed by atoms with Crippen LogP contribution in [0.15, 0.2) is 70.7 Å². The molecule has 11 heteroatoms. The van der Waals surface area contributed by atoms with Gasteiger partial charge in [0.1, 0.15) is 17.4 Å². The first-order valence-electron chi connectivity index (χ1n) is 18.1. The molecule has 2 aromatic heterocycles. The zero-order valence-corrected chi connectivity index (χ0v) is 30.1. The molecule has 0 amide bonds. The molecular weight excluding hydrogens is 643 g/mol. The van der Waals surface area contributed by atoms with Gasteiger partial charge in [0.2, 0.25) is 0 Å². The Morgan fingerprint density at radius 1 is 1.16 bits per heavy atom. The maximum absolute atomic E-state index is 14.9. The van der Waals surface area contributed by atoms with E-state index in [4.69, 9.17) is 14.7 Å². The zero-order chi connectivity index (χ0) is 35.9. The van der Waals surface area contributed by atoms with E-state index in [1.54, 1.807) is 29.1 Å². The minimum Gasteiger partial charge on any atom is -0.497 e. The number of fused-ring (bicyclic) bond motifs is 3. The number of benzene rings is 2. The SMILES string of the molecule is COc1ccc(CCn2c(-c3cccnc3)nc3cc(NC(=NC4C[C@@H]5C[C@H]([C@@H]4C)C5(C)C)N4CCN(CC#N)[C@@H](C)C4)ccc3c2=O)c(F)c1. The second kappa shape index (κ2) is 14.1. The number of nitrogens with one attached hydrogen (secondary N) is 1. The van der Waals surface area contributed by atoms with E-state index in [1.165, 1.54) is 19.6 Å². The van der Waals surface area contributed by atoms with Crippen molar-refractivity contribution in [2.75, 3.05) is 38.6 Å². The predicted molar refractivity (Wildman–Crippen MR) is 198 cm³/mol. The highest BCUT2D eigenvalue weighted by Gasteiger charge is 2.56. The average molecular weight is 691 g/mol. The van der Waals surface area contributed by atoms with Gasteiger partial charge in [0.15, 0.2) is 5.96 Å². The molecule has 3 saturated carbocycles. The maximum Gasteiger partial charge on any atom is 0.261 e. The number of anilines is 1. The van der Waals surface area contributed by atoms with E-state index in [2.05, 4.69) is 53.9 Å². The van der Waals surface area contributed by atoms with E-state index in [9.17, 15) is 14.4 Å². The molecule has 3 heterocycles. The first kappa shape index (κ1) is 34.6. The van der Waals surface area contributed by atoms with E-state index < -0.39 is 0 Å². The first-order chi connectivity index (χ1) is 24.6. The second-order valence-corrected chi connectivity index (χ2v) is 15.1. The Bertz CT molecular complexity index is 2040. The molecule has 2 bridgehead atoms. The molecule has 4 aliphatic rings. The number of rotatable bonds is 8. The molecule has 1 unspecified atom stereocenters. The van der Waals surface area contributed by atoms with E-state index in [0.29, 0.717) is 69.7 Å². The van der Waals surface area contributed by atoms with Crippen LogP contribution in [0.2, 0.25) is 0 Å². The van der Waals surface area contributed by atoms with Crippen LogP contribution in [0.5, 0.6) is 5.75 Å². The van der Waals surface area contributed by atoms with Gasteiger partial charge in [0, 0.05) is 61.9 Å². The largest absolute Gasteiger partial charge is 0.497 e. The quantitative estimate of drug-likeness (QED) is 0.132. The molecular formula is C40H47FN8O2. The lowest BCUT2D eigenvalue weighted by Crippen LogP contribution is -2.58. The monoisotopic (exact) mass is 690 g/mol. The minimum atomic E-state index is -0.378. The molecule has 10 nitrogen and oxygen atoms in total. The number of methoxy groups -OCH3 is 1. The summed E-state index contributed by atoms with van der Waals surface area (Å²) >= 11 is 0. The zero-order valence-electron chi connectivity index (χ0n) is 30.1. The molecule has 4 aromatic rings. The summed E-state index contributed by atoms with van der Waals surface area (Å²) < 4.78 is 21.6. The Kier molecular flexibility index (Phi) is 9.55. The van der Waals surface area contributed by atoms with Gasteiger partial charge in [0.05, 0.1) is 36.7 Å². The van der Waals surface area contributed by atoms with Crippen LogP contribution in [-0.4, -0.2) is 75.7 Å². The summed E-state index contributed by atoms with van der Waals surface area (Å²) in [4.78, 5) is 33.4. The number of ether oxygens (including phenoxy) is 1. The summed E-state index contributed by atoms with van der Waals surface area (Å²) in [6.45, 7) is 12.3. The van der Waals surface area contributed by atoms with Crippen molar-refractivity contribution in [2.45, 2.75) is 65.6 Å². The summed E-state index contributed by atoms with van der Waals surface area (Å²) in [6, 6.07) is 16.8. The van der Waals surface area contributed by atoms with Gasteiger partial charge in [-0.15, -0.1) is 0 Å². The number of hydrogen-bond acceptors (Lipinski definition) is 7. The van der Waals surface area contributed by atoms with Crippen LogP contribution in [0, 0.1) is 40.3 Å². The average Bonchev–Trinajstić information content (AvgIpc) is 3.13. The first-order valence-corrected chi connectivity index (χ1v) is 18.1. The fourth-order valence-corrected chi connectivity index (χ4v) is 8.60. The van der Waals surface area contributed by atoms with Crippen LogP contribution < -0.4 is 15.6 Å². The van der Waals surface area contributed by atoms with Crippen molar-refractivity contribution in [1.29, 1.82) is 5.26 Å². The number of nitrogens with zero attached hydrogens (tertiary/aromatic N) is 7. The number of hydrogen-bond donors (Lipinski definition) is 1. The molecule has 1 saturated heterocycles. The Hall–Kier alpha value is -4.82. The Morgan fingerprint density at radius 3 is 2.69 bits per heavy atom. The fourth-order valence-electron chi connectivity index (χ4n) is 8.60. The van der Waals surface area contributed by atoms with Crippen molar-refractivity contribution >= 4 is 22.5 Å². The third-order valence-electron chi connectivity index (χ3n) is 11.9. The van der Waals surface area contributed by atoms with Crippen molar-refractivity contribution in [3.63, 3.8) is 0 Å². The van der Waals surface area contributed by atoms with Crippen molar-refractivity contribution in [2.24, 2.45) is 28.2 Å². The van der Waals surface area contributed by atoms with Crippen LogP contribution in [0.25, 0.3) is 22.3 Å². The number of halogens is 1. The fraction of sp³-hybridized carbons (Fsp3) is 0.475. The Balaban J connectivity index is 1.22. The molecule has 2 aromatic carbocycles. The summed E-state index contributed by atoms with van der Waals surface area (Å²) in [5.41, 5.74) is 2.70. The minimum absolute atomic E-state index is 0.200. The number of aryl methyl sites for hydroxylation is 1. The number of aromatic nitrogens is 3. The van der Waals surface area contributed by atoms with E-state index in [1.807, 2.05) is 30.3 Å². The normalized spacial score (nSPS) is 24.5. The highest BCUT2D eigenvalue weighted by Crippen LogP contribution is 2.61.